The van der Waals surface area contributed by atoms with Gasteiger partial charge < -0.3 is 25.7 Å². The molecule has 4 N–H and O–H groups in total. The molecule has 0 radical (unpaired) electrons. The second-order valence-corrected chi connectivity index (χ2v) is 4.87. The van der Waals surface area contributed by atoms with E-state index < -0.39 is 12.2 Å². The Labute approximate surface area is 118 Å². The van der Waals surface area contributed by atoms with Crippen LogP contribution in [0.1, 0.15) is 12.8 Å². The number of nitrogens with zero attached hydrogens (tertiary/aromatic N) is 3. The molecule has 1 fully saturated rings. The lowest BCUT2D eigenvalue weighted by Crippen LogP contribution is -2.36. The smallest absolute Gasteiger partial charge is 0.406 e. The van der Waals surface area contributed by atoms with Crippen LogP contribution in [0.4, 0.5) is 4.79 Å². The van der Waals surface area contributed by atoms with Gasteiger partial charge in [-0.2, -0.15) is 0 Å². The van der Waals surface area contributed by atoms with Crippen LogP contribution in [0.15, 0.2) is 29.0 Å². The second kappa shape index (κ2) is 6.95. The third kappa shape index (κ3) is 3.99. The maximum absolute atomic E-state index is 9.65. The van der Waals surface area contributed by atoms with Crippen molar-refractivity contribution in [2.45, 2.75) is 18.9 Å². The van der Waals surface area contributed by atoms with E-state index in [0.717, 1.165) is 23.7 Å². The quantitative estimate of drug-likeness (QED) is 0.647. The zero-order valence-corrected chi connectivity index (χ0v) is 11.9. The molecule has 2 rings (SSSR count). The van der Waals surface area contributed by atoms with E-state index in [1.54, 1.807) is 6.20 Å². The first-order valence-electron chi connectivity index (χ1n) is 6.40. The molecule has 2 heterocycles. The van der Waals surface area contributed by atoms with Gasteiger partial charge in [-0.3, -0.25) is 0 Å². The molecule has 1 unspecified atom stereocenters. The molecule has 2 aliphatic rings. The Morgan fingerprint density at radius 2 is 2.00 bits per heavy atom. The van der Waals surface area contributed by atoms with Gasteiger partial charge in [0.05, 0.1) is 11.9 Å². The summed E-state index contributed by atoms with van der Waals surface area (Å²) in [7, 11) is 2.95. The molecule has 2 aliphatic heterocycles. The van der Waals surface area contributed by atoms with Crippen molar-refractivity contribution in [2.75, 3.05) is 27.2 Å². The molecule has 0 aromatic carbocycles. The van der Waals surface area contributed by atoms with Gasteiger partial charge in [-0.25, -0.2) is 9.79 Å². The van der Waals surface area contributed by atoms with Crippen LogP contribution in [0, 0.1) is 0 Å². The Kier molecular flexibility index (Phi) is 5.57. The number of aliphatic imine (C=N–C) groups is 1. The van der Waals surface area contributed by atoms with Gasteiger partial charge in [-0.15, -0.1) is 0 Å². The van der Waals surface area contributed by atoms with Crippen molar-refractivity contribution in [1.29, 1.82) is 0 Å². The summed E-state index contributed by atoms with van der Waals surface area (Å²) in [5.74, 6) is 0.234. The van der Waals surface area contributed by atoms with E-state index in [4.69, 9.17) is 10.8 Å². The first kappa shape index (κ1) is 16.0. The number of carboxylic acid groups (broad SMARTS) is 1. The highest BCUT2D eigenvalue weighted by Crippen LogP contribution is 2.24. The maximum atomic E-state index is 9.65. The summed E-state index contributed by atoms with van der Waals surface area (Å²) in [4.78, 5) is 16.9. The molecule has 0 bridgehead atoms. The van der Waals surface area contributed by atoms with Crippen molar-refractivity contribution in [2.24, 2.45) is 10.7 Å². The Balaban J connectivity index is 0.000000286. The van der Waals surface area contributed by atoms with Crippen LogP contribution in [0.2, 0.25) is 0 Å². The number of rotatable bonds is 1. The van der Waals surface area contributed by atoms with Gasteiger partial charge in [0.2, 0.25) is 0 Å². The van der Waals surface area contributed by atoms with Crippen molar-refractivity contribution in [3.63, 3.8) is 0 Å². The van der Waals surface area contributed by atoms with Crippen LogP contribution in [-0.2, 0) is 0 Å². The Bertz CT molecular complexity index is 437. The fraction of sp³-hybridized carbons (Fsp3) is 0.538. The summed E-state index contributed by atoms with van der Waals surface area (Å²) in [6, 6.07) is 0. The van der Waals surface area contributed by atoms with Gasteiger partial charge >= 0.3 is 6.09 Å². The van der Waals surface area contributed by atoms with Crippen LogP contribution in [0.5, 0.6) is 0 Å². The number of nitrogens with two attached hydrogens (primary N) is 1. The third-order valence-corrected chi connectivity index (χ3v) is 3.10. The number of hydrogen-bond acceptors (Lipinski definition) is 5. The van der Waals surface area contributed by atoms with E-state index >= 15 is 0 Å². The van der Waals surface area contributed by atoms with Crippen LogP contribution < -0.4 is 5.73 Å². The zero-order chi connectivity index (χ0) is 15.3. The molecule has 1 atom stereocenters. The molecule has 0 aromatic heterocycles. The SMILES string of the molecule is C=C1C(N2CCCC2)=CN=C(N)C1O.CN(C)C(=O)O. The van der Waals surface area contributed by atoms with Crippen LogP contribution in [-0.4, -0.2) is 65.2 Å². The average Bonchev–Trinajstić information content (AvgIpc) is 2.90. The number of amidine groups is 1. The molecule has 0 aliphatic carbocycles. The Morgan fingerprint density at radius 1 is 1.50 bits per heavy atom. The second-order valence-electron chi connectivity index (χ2n) is 4.87. The third-order valence-electron chi connectivity index (χ3n) is 3.10. The van der Waals surface area contributed by atoms with Gasteiger partial charge in [-0.05, 0) is 12.8 Å². The topological polar surface area (TPSA) is 102 Å². The predicted molar refractivity (Wildman–Crippen MR) is 77.4 cm³/mol. The minimum atomic E-state index is -0.907. The lowest BCUT2D eigenvalue weighted by molar-refractivity contribution is 0.165. The normalized spacial score (nSPS) is 21.6. The van der Waals surface area contributed by atoms with Gasteiger partial charge in [0.1, 0.15) is 11.9 Å². The number of aliphatic hydroxyl groups is 1. The van der Waals surface area contributed by atoms with E-state index in [1.807, 2.05) is 0 Å². The van der Waals surface area contributed by atoms with Crippen molar-refractivity contribution < 1.29 is 15.0 Å². The highest BCUT2D eigenvalue weighted by Gasteiger charge is 2.25. The lowest BCUT2D eigenvalue weighted by atomic mass is 10.1. The standard InChI is InChI=1S/C10H15N3O.C3H7NO2/c1-7-8(13-4-2-3-5-13)6-12-10(11)9(7)14;1-4(2)3(5)6/h6,9,14H,1-5H2,(H2,11,12);1-2H3,(H,5,6). The molecule has 7 heteroatoms. The van der Waals surface area contributed by atoms with Gasteiger partial charge in [-0.1, -0.05) is 6.58 Å². The summed E-state index contributed by atoms with van der Waals surface area (Å²) < 4.78 is 0. The number of carbonyl (C=O) groups is 1. The van der Waals surface area contributed by atoms with Gasteiger partial charge in [0, 0.05) is 32.8 Å². The minimum absolute atomic E-state index is 0.234. The van der Waals surface area contributed by atoms with Crippen molar-refractivity contribution in [1.82, 2.24) is 9.80 Å². The van der Waals surface area contributed by atoms with E-state index in [-0.39, 0.29) is 5.84 Å². The van der Waals surface area contributed by atoms with Crippen LogP contribution >= 0.6 is 0 Å². The summed E-state index contributed by atoms with van der Waals surface area (Å²) in [5, 5.41) is 17.6. The van der Waals surface area contributed by atoms with Gasteiger partial charge in [0.15, 0.2) is 0 Å². The summed E-state index contributed by atoms with van der Waals surface area (Å²) >= 11 is 0. The first-order chi connectivity index (χ1) is 9.34. The molecule has 7 nitrogen and oxygen atoms in total. The van der Waals surface area contributed by atoms with Gasteiger partial charge in [0.25, 0.3) is 0 Å². The van der Waals surface area contributed by atoms with Crippen molar-refractivity contribution in [3.05, 3.63) is 24.0 Å². The zero-order valence-electron chi connectivity index (χ0n) is 11.9. The molecule has 0 spiro atoms. The van der Waals surface area contributed by atoms with Crippen molar-refractivity contribution in [3.8, 4) is 0 Å². The monoisotopic (exact) mass is 282 g/mol. The van der Waals surface area contributed by atoms with Crippen LogP contribution in [0.3, 0.4) is 0 Å². The van der Waals surface area contributed by atoms with Crippen LogP contribution in [0.25, 0.3) is 0 Å². The fourth-order valence-electron chi connectivity index (χ4n) is 1.85. The largest absolute Gasteiger partial charge is 0.465 e. The fourth-order valence-corrected chi connectivity index (χ4v) is 1.85. The maximum Gasteiger partial charge on any atom is 0.406 e. The highest BCUT2D eigenvalue weighted by molar-refractivity contribution is 5.90. The number of amides is 1. The lowest BCUT2D eigenvalue weighted by Gasteiger charge is -2.27. The summed E-state index contributed by atoms with van der Waals surface area (Å²) in [5.41, 5.74) is 7.11. The molecule has 112 valence electrons. The Morgan fingerprint density at radius 3 is 2.45 bits per heavy atom. The molecule has 0 aromatic rings. The number of hydrogen-bond donors (Lipinski definition) is 3. The Hall–Kier alpha value is -2.02. The molecule has 20 heavy (non-hydrogen) atoms. The molecular formula is C13H22N4O3. The molecular weight excluding hydrogens is 260 g/mol. The number of likely N-dealkylation sites (tertiary alicyclic amines) is 1. The van der Waals surface area contributed by atoms with Crippen molar-refractivity contribution >= 4 is 11.9 Å². The minimum Gasteiger partial charge on any atom is -0.465 e. The number of aliphatic hydroxyl groups excluding tert-OH is 1. The van der Waals surface area contributed by atoms with E-state index in [9.17, 15) is 9.90 Å². The first-order valence-corrected chi connectivity index (χ1v) is 6.40. The molecule has 1 saturated heterocycles. The molecule has 1 amide bonds. The average molecular weight is 282 g/mol. The van der Waals surface area contributed by atoms with E-state index in [1.165, 1.54) is 26.9 Å². The van der Waals surface area contributed by atoms with E-state index in [2.05, 4.69) is 16.5 Å². The predicted octanol–water partition coefficient (Wildman–Crippen LogP) is 0.438. The highest BCUT2D eigenvalue weighted by atomic mass is 16.4. The molecule has 0 saturated carbocycles. The summed E-state index contributed by atoms with van der Waals surface area (Å²) in [6.07, 6.45) is 2.38. The summed E-state index contributed by atoms with van der Waals surface area (Å²) in [6.45, 7) is 5.89. The van der Waals surface area contributed by atoms with E-state index in [0.29, 0.717) is 5.57 Å².